The van der Waals surface area contributed by atoms with Gasteiger partial charge in [0.2, 0.25) is 0 Å². The Balaban J connectivity index is 2.63. The fraction of sp³-hybridized carbons (Fsp3) is 0.375. The molecule has 0 bridgehead atoms. The van der Waals surface area contributed by atoms with Crippen LogP contribution in [-0.2, 0) is 4.79 Å². The predicted molar refractivity (Wildman–Crippen MR) is 49.9 cm³/mol. The molecule has 0 spiro atoms. The van der Waals surface area contributed by atoms with Crippen molar-refractivity contribution >= 4 is 5.91 Å². The minimum atomic E-state index is -0.260. The van der Waals surface area contributed by atoms with E-state index in [4.69, 9.17) is 17.2 Å². The molecule has 0 heterocycles. The molecule has 0 aliphatic heterocycles. The first-order valence-electron chi connectivity index (χ1n) is 4.09. The van der Waals surface area contributed by atoms with Gasteiger partial charge < -0.3 is 22.5 Å². The maximum Gasteiger partial charge on any atom is 0.255 e. The van der Waals surface area contributed by atoms with Crippen molar-refractivity contribution in [2.75, 3.05) is 0 Å². The molecule has 0 aromatic rings. The van der Waals surface area contributed by atoms with Crippen molar-refractivity contribution in [1.29, 1.82) is 0 Å². The van der Waals surface area contributed by atoms with Gasteiger partial charge in [-0.05, 0) is 25.1 Å². The lowest BCUT2D eigenvalue weighted by molar-refractivity contribution is -0.117. The summed E-state index contributed by atoms with van der Waals surface area (Å²) in [6.45, 7) is 0. The second kappa shape index (κ2) is 3.84. The quantitative estimate of drug-likeness (QED) is 0.327. The Bertz CT molecular complexity index is 261. The molecular formula is C8H14N4O. The minimum Gasteiger partial charge on any atom is -0.405 e. The molecule has 0 aromatic carbocycles. The summed E-state index contributed by atoms with van der Waals surface area (Å²) in [5.74, 6) is -0.274. The van der Waals surface area contributed by atoms with Gasteiger partial charge in [0, 0.05) is 6.04 Å². The third-order valence-corrected chi connectivity index (χ3v) is 1.73. The van der Waals surface area contributed by atoms with Crippen molar-refractivity contribution in [2.45, 2.75) is 18.9 Å². The molecule has 1 amide bonds. The molecule has 1 rings (SSSR count). The van der Waals surface area contributed by atoms with Gasteiger partial charge in [-0.3, -0.25) is 4.79 Å². The molecule has 0 aromatic heterocycles. The van der Waals surface area contributed by atoms with Crippen LogP contribution in [0.3, 0.4) is 0 Å². The number of carbonyl (C=O) groups is 1. The zero-order valence-corrected chi connectivity index (χ0v) is 7.29. The number of nitrogens with two attached hydrogens (primary N) is 3. The third kappa shape index (κ3) is 2.70. The summed E-state index contributed by atoms with van der Waals surface area (Å²) in [6.07, 6.45) is 4.68. The van der Waals surface area contributed by atoms with Crippen LogP contribution < -0.4 is 22.5 Å². The van der Waals surface area contributed by atoms with Crippen LogP contribution >= 0.6 is 0 Å². The zero-order valence-electron chi connectivity index (χ0n) is 7.29. The molecule has 1 aliphatic carbocycles. The van der Waals surface area contributed by atoms with E-state index >= 15 is 0 Å². The summed E-state index contributed by atoms with van der Waals surface area (Å²) < 4.78 is 0. The van der Waals surface area contributed by atoms with Gasteiger partial charge in [-0.15, -0.1) is 0 Å². The Kier molecular flexibility index (Phi) is 2.79. The van der Waals surface area contributed by atoms with Crippen LogP contribution in [0.2, 0.25) is 0 Å². The van der Waals surface area contributed by atoms with Crippen molar-refractivity contribution in [3.63, 3.8) is 0 Å². The maximum absolute atomic E-state index is 11.4. The van der Waals surface area contributed by atoms with E-state index in [9.17, 15) is 4.79 Å². The van der Waals surface area contributed by atoms with Gasteiger partial charge in [0.1, 0.15) is 5.82 Å². The third-order valence-electron chi connectivity index (χ3n) is 1.73. The summed E-state index contributed by atoms with van der Waals surface area (Å²) in [5.41, 5.74) is 16.0. The van der Waals surface area contributed by atoms with Gasteiger partial charge in [-0.25, -0.2) is 0 Å². The van der Waals surface area contributed by atoms with E-state index in [0.29, 0.717) is 0 Å². The molecular weight excluding hydrogens is 168 g/mol. The summed E-state index contributed by atoms with van der Waals surface area (Å²) in [7, 11) is 0. The second-order valence-corrected chi connectivity index (χ2v) is 2.98. The largest absolute Gasteiger partial charge is 0.405 e. The van der Waals surface area contributed by atoms with Gasteiger partial charge in [0.15, 0.2) is 0 Å². The summed E-state index contributed by atoms with van der Waals surface area (Å²) in [4.78, 5) is 11.4. The van der Waals surface area contributed by atoms with Crippen LogP contribution in [0.1, 0.15) is 12.8 Å². The summed E-state index contributed by atoms with van der Waals surface area (Å²) in [5, 5.41) is 2.76. The van der Waals surface area contributed by atoms with E-state index in [-0.39, 0.29) is 23.3 Å². The second-order valence-electron chi connectivity index (χ2n) is 2.98. The fourth-order valence-corrected chi connectivity index (χ4v) is 0.890. The average molecular weight is 182 g/mol. The molecule has 1 saturated carbocycles. The molecule has 0 radical (unpaired) electrons. The van der Waals surface area contributed by atoms with Gasteiger partial charge >= 0.3 is 0 Å². The molecule has 5 nitrogen and oxygen atoms in total. The summed E-state index contributed by atoms with van der Waals surface area (Å²) in [6, 6.07) is 0.285. The average Bonchev–Trinajstić information content (AvgIpc) is 2.83. The highest BCUT2D eigenvalue weighted by molar-refractivity contribution is 5.97. The Hall–Kier alpha value is -1.65. The lowest BCUT2D eigenvalue weighted by Crippen LogP contribution is -2.30. The van der Waals surface area contributed by atoms with Crippen molar-refractivity contribution in [2.24, 2.45) is 17.2 Å². The number of rotatable bonds is 3. The molecule has 0 saturated heterocycles. The van der Waals surface area contributed by atoms with E-state index in [1.54, 1.807) is 0 Å². The van der Waals surface area contributed by atoms with Gasteiger partial charge in [-0.1, -0.05) is 0 Å². The molecule has 5 heteroatoms. The maximum atomic E-state index is 11.4. The highest BCUT2D eigenvalue weighted by Gasteiger charge is 2.24. The summed E-state index contributed by atoms with van der Waals surface area (Å²) >= 11 is 0. The highest BCUT2D eigenvalue weighted by Crippen LogP contribution is 2.19. The van der Waals surface area contributed by atoms with E-state index < -0.39 is 0 Å². The molecule has 13 heavy (non-hydrogen) atoms. The van der Waals surface area contributed by atoms with Gasteiger partial charge in [-0.2, -0.15) is 0 Å². The molecule has 72 valence electrons. The van der Waals surface area contributed by atoms with Crippen molar-refractivity contribution in [3.05, 3.63) is 23.7 Å². The van der Waals surface area contributed by atoms with Crippen LogP contribution in [0, 0.1) is 0 Å². The minimum absolute atomic E-state index is 0.0140. The van der Waals surface area contributed by atoms with Crippen LogP contribution in [0.4, 0.5) is 0 Å². The normalized spacial score (nSPS) is 15.7. The van der Waals surface area contributed by atoms with Crippen molar-refractivity contribution in [3.8, 4) is 0 Å². The van der Waals surface area contributed by atoms with Crippen LogP contribution in [0.5, 0.6) is 0 Å². The lowest BCUT2D eigenvalue weighted by atomic mass is 10.2. The number of amides is 1. The highest BCUT2D eigenvalue weighted by atomic mass is 16.1. The first kappa shape index (κ1) is 9.44. The molecule has 1 aliphatic rings. The van der Waals surface area contributed by atoms with Crippen molar-refractivity contribution < 1.29 is 4.79 Å². The van der Waals surface area contributed by atoms with Gasteiger partial charge in [0.25, 0.3) is 5.91 Å². The van der Waals surface area contributed by atoms with E-state index in [0.717, 1.165) is 12.8 Å². The van der Waals surface area contributed by atoms with Crippen molar-refractivity contribution in [1.82, 2.24) is 5.32 Å². The molecule has 7 N–H and O–H groups in total. The lowest BCUT2D eigenvalue weighted by Gasteiger charge is -2.04. The smallest absolute Gasteiger partial charge is 0.255 e. The zero-order chi connectivity index (χ0) is 9.84. The number of carbonyl (C=O) groups excluding carboxylic acids is 1. The number of hydrogen-bond donors (Lipinski definition) is 4. The molecule has 1 fully saturated rings. The first-order chi connectivity index (χ1) is 6.15. The SMILES string of the molecule is N/C=C\C(C(=O)NC1CC1)=C(N)N. The molecule has 0 atom stereocenters. The van der Waals surface area contributed by atoms with E-state index in [2.05, 4.69) is 5.32 Å². The van der Waals surface area contributed by atoms with Crippen LogP contribution in [0.15, 0.2) is 23.7 Å². The number of nitrogens with one attached hydrogen (secondary N) is 1. The van der Waals surface area contributed by atoms with Crippen LogP contribution in [-0.4, -0.2) is 11.9 Å². The Morgan fingerprint density at radius 3 is 2.38 bits per heavy atom. The van der Waals surface area contributed by atoms with E-state index in [1.807, 2.05) is 0 Å². The first-order valence-corrected chi connectivity index (χ1v) is 4.09. The fourth-order valence-electron chi connectivity index (χ4n) is 0.890. The molecule has 0 unspecified atom stereocenters. The van der Waals surface area contributed by atoms with Gasteiger partial charge in [0.05, 0.1) is 5.57 Å². The predicted octanol–water partition coefficient (Wildman–Crippen LogP) is -1.13. The Morgan fingerprint density at radius 1 is 1.38 bits per heavy atom. The monoisotopic (exact) mass is 182 g/mol. The Morgan fingerprint density at radius 2 is 2.00 bits per heavy atom. The van der Waals surface area contributed by atoms with Crippen LogP contribution in [0.25, 0.3) is 0 Å². The topological polar surface area (TPSA) is 107 Å². The number of hydrogen-bond acceptors (Lipinski definition) is 4. The standard InChI is InChI=1S/C8H14N4O/c9-4-3-6(7(10)11)8(13)12-5-1-2-5/h3-5H,1-2,9-11H2,(H,12,13)/b4-3-. The van der Waals surface area contributed by atoms with E-state index in [1.165, 1.54) is 12.3 Å². The Labute approximate surface area is 76.6 Å².